The largest absolute Gasteiger partial charge is 0.467 e. The van der Waals surface area contributed by atoms with Crippen LogP contribution in [0.2, 0.25) is 0 Å². The number of benzene rings is 2. The van der Waals surface area contributed by atoms with Gasteiger partial charge in [0.05, 0.1) is 18.5 Å². The number of ether oxygens (including phenoxy) is 1. The van der Waals surface area contributed by atoms with Crippen molar-refractivity contribution in [1.82, 2.24) is 20.1 Å². The number of thioether (sulfide) groups is 1. The molecule has 0 aliphatic heterocycles. The number of nitrogens with one attached hydrogen (secondary N) is 1. The lowest BCUT2D eigenvalue weighted by molar-refractivity contribution is 0.0947. The topological polar surface area (TPSA) is 82.2 Å². The van der Waals surface area contributed by atoms with Crippen LogP contribution in [0.1, 0.15) is 27.5 Å². The van der Waals surface area contributed by atoms with Gasteiger partial charge in [0.15, 0.2) is 11.0 Å². The van der Waals surface area contributed by atoms with E-state index in [1.165, 1.54) is 17.8 Å². The molecule has 9 heteroatoms. The average molecular weight is 453 g/mol. The summed E-state index contributed by atoms with van der Waals surface area (Å²) in [6.45, 7) is 0.489. The highest BCUT2D eigenvalue weighted by Crippen LogP contribution is 2.28. The summed E-state index contributed by atoms with van der Waals surface area (Å²) in [6, 6.07) is 17.3. The molecule has 2 aromatic carbocycles. The predicted octanol–water partition coefficient (Wildman–Crippen LogP) is 4.37. The molecule has 0 bridgehead atoms. The number of carbonyl (C=O) groups is 1. The Morgan fingerprint density at radius 2 is 1.94 bits per heavy atom. The molecular formula is C23H21FN4O3S. The lowest BCUT2D eigenvalue weighted by Gasteiger charge is -2.12. The van der Waals surface area contributed by atoms with E-state index in [4.69, 9.17) is 9.15 Å². The van der Waals surface area contributed by atoms with E-state index in [0.717, 1.165) is 5.56 Å². The van der Waals surface area contributed by atoms with Crippen molar-refractivity contribution in [2.24, 2.45) is 0 Å². The van der Waals surface area contributed by atoms with Crippen LogP contribution in [0.15, 0.2) is 76.5 Å². The van der Waals surface area contributed by atoms with Crippen molar-refractivity contribution in [3.63, 3.8) is 0 Å². The average Bonchev–Trinajstić information content (AvgIpc) is 3.47. The maximum atomic E-state index is 14.5. The quantitative estimate of drug-likeness (QED) is 0.380. The van der Waals surface area contributed by atoms with Crippen LogP contribution < -0.4 is 5.32 Å². The fraction of sp³-hybridized carbons (Fsp3) is 0.174. The van der Waals surface area contributed by atoms with Gasteiger partial charge in [-0.3, -0.25) is 9.36 Å². The Morgan fingerprint density at radius 3 is 2.72 bits per heavy atom. The molecular weight excluding hydrogens is 431 g/mol. The van der Waals surface area contributed by atoms with E-state index in [1.54, 1.807) is 54.3 Å². The van der Waals surface area contributed by atoms with Crippen LogP contribution >= 0.6 is 11.8 Å². The smallest absolute Gasteiger partial charge is 0.251 e. The first-order valence-electron chi connectivity index (χ1n) is 9.86. The molecule has 2 heterocycles. The van der Waals surface area contributed by atoms with Crippen LogP contribution in [0.5, 0.6) is 0 Å². The zero-order valence-corrected chi connectivity index (χ0v) is 18.1. The standard InChI is InChI=1S/C23H21FN4O3S/c1-30-14-21-26-27-23(28(21)20-11-5-4-10-19(20)24)32-15-16-7-2-3-9-18(16)22(29)25-13-17-8-6-12-31-17/h2-12H,13-15H2,1H3,(H,25,29). The second-order valence-electron chi connectivity index (χ2n) is 6.83. The number of para-hydroxylation sites is 1. The van der Waals surface area contributed by atoms with Gasteiger partial charge in [-0.2, -0.15) is 0 Å². The van der Waals surface area contributed by atoms with E-state index in [-0.39, 0.29) is 18.3 Å². The third-order valence-corrected chi connectivity index (χ3v) is 5.67. The zero-order chi connectivity index (χ0) is 22.3. The van der Waals surface area contributed by atoms with Crippen molar-refractivity contribution in [2.75, 3.05) is 7.11 Å². The Hall–Kier alpha value is -3.43. The molecule has 0 aliphatic rings. The summed E-state index contributed by atoms with van der Waals surface area (Å²) in [5.41, 5.74) is 1.72. The third kappa shape index (κ3) is 4.90. The molecule has 164 valence electrons. The van der Waals surface area contributed by atoms with Crippen LogP contribution in [0.25, 0.3) is 5.69 Å². The van der Waals surface area contributed by atoms with E-state index >= 15 is 0 Å². The summed E-state index contributed by atoms with van der Waals surface area (Å²) in [7, 11) is 1.55. The number of furan rings is 1. The minimum absolute atomic E-state index is 0.188. The van der Waals surface area contributed by atoms with Crippen LogP contribution in [-0.4, -0.2) is 27.8 Å². The van der Waals surface area contributed by atoms with E-state index in [2.05, 4.69) is 15.5 Å². The van der Waals surface area contributed by atoms with E-state index in [1.807, 2.05) is 18.2 Å². The van der Waals surface area contributed by atoms with Crippen molar-refractivity contribution in [3.8, 4) is 5.69 Å². The minimum atomic E-state index is -0.385. The van der Waals surface area contributed by atoms with Crippen LogP contribution in [0.4, 0.5) is 4.39 Å². The number of nitrogens with zero attached hydrogens (tertiary/aromatic N) is 3. The number of hydrogen-bond donors (Lipinski definition) is 1. The summed E-state index contributed by atoms with van der Waals surface area (Å²) in [6.07, 6.45) is 1.57. The Balaban J connectivity index is 1.54. The number of halogens is 1. The monoisotopic (exact) mass is 452 g/mol. The van der Waals surface area contributed by atoms with Crippen LogP contribution in [0, 0.1) is 5.82 Å². The van der Waals surface area contributed by atoms with Gasteiger partial charge >= 0.3 is 0 Å². The summed E-state index contributed by atoms with van der Waals surface area (Å²) >= 11 is 1.37. The SMILES string of the molecule is COCc1nnc(SCc2ccccc2C(=O)NCc2ccco2)n1-c1ccccc1F. The van der Waals surface area contributed by atoms with Crippen molar-refractivity contribution in [1.29, 1.82) is 0 Å². The molecule has 2 aromatic heterocycles. The molecule has 1 N–H and O–H groups in total. The molecule has 0 atom stereocenters. The van der Waals surface area contributed by atoms with Crippen molar-refractivity contribution < 1.29 is 18.3 Å². The molecule has 4 aromatic rings. The van der Waals surface area contributed by atoms with Gasteiger partial charge in [0.2, 0.25) is 0 Å². The highest BCUT2D eigenvalue weighted by molar-refractivity contribution is 7.98. The van der Waals surface area contributed by atoms with Gasteiger partial charge in [-0.25, -0.2) is 4.39 Å². The number of methoxy groups -OCH3 is 1. The van der Waals surface area contributed by atoms with E-state index < -0.39 is 0 Å². The first-order chi connectivity index (χ1) is 15.7. The fourth-order valence-corrected chi connectivity index (χ4v) is 4.14. The molecule has 1 amide bonds. The number of aromatic nitrogens is 3. The Labute approximate surface area is 188 Å². The molecule has 0 spiro atoms. The van der Waals surface area contributed by atoms with Gasteiger partial charge < -0.3 is 14.5 Å². The Kier molecular flexibility index (Phi) is 6.98. The number of rotatable bonds is 9. The molecule has 4 rings (SSSR count). The van der Waals surface area contributed by atoms with E-state index in [9.17, 15) is 9.18 Å². The number of amides is 1. The molecule has 0 aliphatic carbocycles. The second-order valence-corrected chi connectivity index (χ2v) is 7.77. The van der Waals surface area contributed by atoms with Gasteiger partial charge in [-0.15, -0.1) is 10.2 Å². The molecule has 0 unspecified atom stereocenters. The minimum Gasteiger partial charge on any atom is -0.467 e. The fourth-order valence-electron chi connectivity index (χ4n) is 3.18. The normalized spacial score (nSPS) is 10.9. The molecule has 7 nitrogen and oxygen atoms in total. The highest BCUT2D eigenvalue weighted by atomic mass is 32.2. The van der Waals surface area contributed by atoms with Gasteiger partial charge in [-0.1, -0.05) is 42.1 Å². The maximum absolute atomic E-state index is 14.5. The summed E-state index contributed by atoms with van der Waals surface area (Å²) in [5.74, 6) is 1.03. The van der Waals surface area contributed by atoms with E-state index in [0.29, 0.717) is 40.3 Å². The molecule has 0 saturated carbocycles. The summed E-state index contributed by atoms with van der Waals surface area (Å²) in [5, 5.41) is 11.8. The summed E-state index contributed by atoms with van der Waals surface area (Å²) < 4.78 is 26.6. The first kappa shape index (κ1) is 21.8. The van der Waals surface area contributed by atoms with Crippen molar-refractivity contribution >= 4 is 17.7 Å². The second kappa shape index (κ2) is 10.3. The van der Waals surface area contributed by atoms with Gasteiger partial charge in [0, 0.05) is 18.4 Å². The molecule has 32 heavy (non-hydrogen) atoms. The number of carbonyl (C=O) groups excluding carboxylic acids is 1. The number of hydrogen-bond acceptors (Lipinski definition) is 6. The van der Waals surface area contributed by atoms with Crippen molar-refractivity contribution in [2.45, 2.75) is 24.1 Å². The van der Waals surface area contributed by atoms with Gasteiger partial charge in [0.25, 0.3) is 5.91 Å². The Bertz CT molecular complexity index is 1190. The predicted molar refractivity (Wildman–Crippen MR) is 118 cm³/mol. The maximum Gasteiger partial charge on any atom is 0.251 e. The third-order valence-electron chi connectivity index (χ3n) is 4.69. The van der Waals surface area contributed by atoms with Gasteiger partial charge in [0.1, 0.15) is 18.2 Å². The van der Waals surface area contributed by atoms with Crippen molar-refractivity contribution in [3.05, 3.63) is 95.5 Å². The Morgan fingerprint density at radius 1 is 1.12 bits per heavy atom. The molecule has 0 saturated heterocycles. The zero-order valence-electron chi connectivity index (χ0n) is 17.3. The molecule has 0 radical (unpaired) electrons. The van der Waals surface area contributed by atoms with Crippen LogP contribution in [-0.2, 0) is 23.6 Å². The first-order valence-corrected chi connectivity index (χ1v) is 10.9. The summed E-state index contributed by atoms with van der Waals surface area (Å²) in [4.78, 5) is 12.7. The van der Waals surface area contributed by atoms with Crippen LogP contribution in [0.3, 0.4) is 0 Å². The lowest BCUT2D eigenvalue weighted by Crippen LogP contribution is -2.23. The lowest BCUT2D eigenvalue weighted by atomic mass is 10.1. The highest BCUT2D eigenvalue weighted by Gasteiger charge is 2.18. The molecule has 0 fully saturated rings. The van der Waals surface area contributed by atoms with Gasteiger partial charge in [-0.05, 0) is 35.9 Å².